The van der Waals surface area contributed by atoms with E-state index >= 15 is 0 Å². The molecule has 1 aromatic heterocycles. The topological polar surface area (TPSA) is 45.9 Å². The first-order valence-corrected chi connectivity index (χ1v) is 9.31. The van der Waals surface area contributed by atoms with Gasteiger partial charge in [0, 0.05) is 39.2 Å². The van der Waals surface area contributed by atoms with Crippen LogP contribution in [0.25, 0.3) is 0 Å². The maximum Gasteiger partial charge on any atom is 0.230 e. The summed E-state index contributed by atoms with van der Waals surface area (Å²) in [5.41, 5.74) is 0.929. The van der Waals surface area contributed by atoms with Crippen molar-refractivity contribution in [2.75, 3.05) is 39.9 Å². The molecule has 0 saturated carbocycles. The minimum Gasteiger partial charge on any atom is -0.468 e. The van der Waals surface area contributed by atoms with Crippen molar-refractivity contribution in [3.8, 4) is 0 Å². The Morgan fingerprint density at radius 3 is 2.81 bits per heavy atom. The zero-order valence-electron chi connectivity index (χ0n) is 15.3. The van der Waals surface area contributed by atoms with Gasteiger partial charge in [-0.05, 0) is 24.1 Å². The van der Waals surface area contributed by atoms with Crippen molar-refractivity contribution >= 4 is 5.91 Å². The molecule has 1 spiro atoms. The zero-order chi connectivity index (χ0) is 18.0. The number of hydrogen-bond acceptors (Lipinski definition) is 4. The van der Waals surface area contributed by atoms with Crippen molar-refractivity contribution in [1.29, 1.82) is 0 Å². The fourth-order valence-corrected chi connectivity index (χ4v) is 4.60. The maximum absolute atomic E-state index is 13.4. The van der Waals surface area contributed by atoms with E-state index in [1.54, 1.807) is 13.4 Å². The molecule has 1 aromatic carbocycles. The number of benzene rings is 1. The summed E-state index contributed by atoms with van der Waals surface area (Å²) in [4.78, 5) is 17.7. The molecular weight excluding hydrogens is 328 g/mol. The first kappa shape index (κ1) is 17.3. The second kappa shape index (κ2) is 7.25. The Bertz CT molecular complexity index is 731. The summed E-state index contributed by atoms with van der Waals surface area (Å²) in [7, 11) is 1.68. The average molecular weight is 354 g/mol. The summed E-state index contributed by atoms with van der Waals surface area (Å²) >= 11 is 0. The number of rotatable bonds is 6. The number of methoxy groups -OCH3 is 1. The Balaban J connectivity index is 1.60. The van der Waals surface area contributed by atoms with Gasteiger partial charge in [0.2, 0.25) is 5.91 Å². The second-order valence-corrected chi connectivity index (χ2v) is 7.40. The predicted octanol–water partition coefficient (Wildman–Crippen LogP) is 2.74. The molecule has 0 bridgehead atoms. The number of hydrogen-bond donors (Lipinski definition) is 0. The van der Waals surface area contributed by atoms with Crippen molar-refractivity contribution in [2.24, 2.45) is 5.41 Å². The number of carbonyl (C=O) groups excluding carboxylic acids is 1. The van der Waals surface area contributed by atoms with Crippen molar-refractivity contribution in [3.63, 3.8) is 0 Å². The molecule has 2 aliphatic heterocycles. The highest BCUT2D eigenvalue weighted by molar-refractivity contribution is 5.87. The summed E-state index contributed by atoms with van der Waals surface area (Å²) in [6.07, 6.45) is 2.62. The molecule has 0 aliphatic carbocycles. The van der Waals surface area contributed by atoms with Gasteiger partial charge in [0.1, 0.15) is 5.76 Å². The lowest BCUT2D eigenvalue weighted by Crippen LogP contribution is -2.40. The summed E-state index contributed by atoms with van der Waals surface area (Å²) in [5, 5.41) is 0. The standard InChI is InChI=1S/C21H26N2O3/c1-25-13-11-23-10-9-21(20(23)24)16-22(14-18-8-5-12-26-18)15-19(21)17-6-3-2-4-7-17/h2-8,12,19H,9-11,13-16H2,1H3/t19-,21+/m1/s1. The highest BCUT2D eigenvalue weighted by atomic mass is 16.5. The third kappa shape index (κ3) is 3.06. The second-order valence-electron chi connectivity index (χ2n) is 7.40. The molecule has 138 valence electrons. The molecule has 2 atom stereocenters. The molecule has 2 aromatic rings. The van der Waals surface area contributed by atoms with Gasteiger partial charge in [-0.15, -0.1) is 0 Å². The molecule has 0 unspecified atom stereocenters. The SMILES string of the molecule is COCCN1CC[C@@]2(CN(Cc3ccco3)C[C@@H]2c2ccccc2)C1=O. The molecule has 1 amide bonds. The van der Waals surface area contributed by atoms with Crippen LogP contribution in [0.4, 0.5) is 0 Å². The quantitative estimate of drug-likeness (QED) is 0.800. The van der Waals surface area contributed by atoms with Crippen LogP contribution in [0.15, 0.2) is 53.1 Å². The van der Waals surface area contributed by atoms with Crippen LogP contribution in [0.3, 0.4) is 0 Å². The van der Waals surface area contributed by atoms with Crippen LogP contribution in [0, 0.1) is 5.41 Å². The van der Waals surface area contributed by atoms with Gasteiger partial charge in [0.05, 0.1) is 24.8 Å². The normalized spacial score (nSPS) is 26.3. The molecule has 26 heavy (non-hydrogen) atoms. The van der Waals surface area contributed by atoms with E-state index in [1.165, 1.54) is 5.56 Å². The molecule has 5 heteroatoms. The average Bonchev–Trinajstić information content (AvgIpc) is 3.37. The van der Waals surface area contributed by atoms with Crippen LogP contribution >= 0.6 is 0 Å². The molecular formula is C21H26N2O3. The molecule has 2 saturated heterocycles. The van der Waals surface area contributed by atoms with Gasteiger partial charge in [0.15, 0.2) is 0 Å². The number of furan rings is 1. The van der Waals surface area contributed by atoms with E-state index in [-0.39, 0.29) is 17.2 Å². The fraction of sp³-hybridized carbons (Fsp3) is 0.476. The third-order valence-electron chi connectivity index (χ3n) is 5.88. The van der Waals surface area contributed by atoms with Crippen LogP contribution in [0.2, 0.25) is 0 Å². The summed E-state index contributed by atoms with van der Waals surface area (Å²) < 4.78 is 10.7. The Hall–Kier alpha value is -2.11. The molecule has 0 radical (unpaired) electrons. The van der Waals surface area contributed by atoms with Gasteiger partial charge in [-0.1, -0.05) is 30.3 Å². The first-order chi connectivity index (χ1) is 12.7. The predicted molar refractivity (Wildman–Crippen MR) is 98.7 cm³/mol. The van der Waals surface area contributed by atoms with Crippen LogP contribution < -0.4 is 0 Å². The maximum atomic E-state index is 13.4. The number of ether oxygens (including phenoxy) is 1. The highest BCUT2D eigenvalue weighted by Gasteiger charge is 2.56. The van der Waals surface area contributed by atoms with Crippen molar-refractivity contribution in [1.82, 2.24) is 9.80 Å². The number of amides is 1. The Morgan fingerprint density at radius 1 is 1.23 bits per heavy atom. The smallest absolute Gasteiger partial charge is 0.230 e. The molecule has 0 N–H and O–H groups in total. The molecule has 3 heterocycles. The monoisotopic (exact) mass is 354 g/mol. The summed E-state index contributed by atoms with van der Waals surface area (Å²) in [6.45, 7) is 4.51. The lowest BCUT2D eigenvalue weighted by molar-refractivity contribution is -0.136. The lowest BCUT2D eigenvalue weighted by Gasteiger charge is -2.29. The van der Waals surface area contributed by atoms with Gasteiger partial charge in [-0.2, -0.15) is 0 Å². The van der Waals surface area contributed by atoms with Gasteiger partial charge in [-0.3, -0.25) is 9.69 Å². The summed E-state index contributed by atoms with van der Waals surface area (Å²) in [5.74, 6) is 1.46. The number of carbonyl (C=O) groups is 1. The van der Waals surface area contributed by atoms with Crippen molar-refractivity contribution in [2.45, 2.75) is 18.9 Å². The Kier molecular flexibility index (Phi) is 4.83. The lowest BCUT2D eigenvalue weighted by atomic mass is 9.73. The zero-order valence-corrected chi connectivity index (χ0v) is 15.3. The number of nitrogens with zero attached hydrogens (tertiary/aromatic N) is 2. The van der Waals surface area contributed by atoms with E-state index in [9.17, 15) is 4.79 Å². The van der Waals surface area contributed by atoms with E-state index in [1.807, 2.05) is 23.1 Å². The van der Waals surface area contributed by atoms with E-state index in [2.05, 4.69) is 29.2 Å². The molecule has 5 nitrogen and oxygen atoms in total. The fourth-order valence-electron chi connectivity index (χ4n) is 4.60. The van der Waals surface area contributed by atoms with E-state index in [0.717, 1.165) is 38.4 Å². The van der Waals surface area contributed by atoms with Crippen LogP contribution in [0.5, 0.6) is 0 Å². The van der Waals surface area contributed by atoms with E-state index in [4.69, 9.17) is 9.15 Å². The van der Waals surface area contributed by atoms with Gasteiger partial charge < -0.3 is 14.1 Å². The highest BCUT2D eigenvalue weighted by Crippen LogP contribution is 2.50. The minimum absolute atomic E-state index is 0.221. The number of likely N-dealkylation sites (tertiary alicyclic amines) is 2. The molecule has 4 rings (SSSR count). The van der Waals surface area contributed by atoms with Gasteiger partial charge in [0.25, 0.3) is 0 Å². The Morgan fingerprint density at radius 2 is 2.08 bits per heavy atom. The molecule has 2 aliphatic rings. The van der Waals surface area contributed by atoms with Crippen molar-refractivity contribution < 1.29 is 13.9 Å². The molecule has 2 fully saturated rings. The van der Waals surface area contributed by atoms with Gasteiger partial charge >= 0.3 is 0 Å². The van der Waals surface area contributed by atoms with E-state index < -0.39 is 0 Å². The largest absolute Gasteiger partial charge is 0.468 e. The minimum atomic E-state index is -0.332. The van der Waals surface area contributed by atoms with E-state index in [0.29, 0.717) is 13.2 Å². The van der Waals surface area contributed by atoms with Gasteiger partial charge in [-0.25, -0.2) is 0 Å². The van der Waals surface area contributed by atoms with Crippen LogP contribution in [0.1, 0.15) is 23.7 Å². The van der Waals surface area contributed by atoms with Crippen LogP contribution in [-0.2, 0) is 16.1 Å². The summed E-state index contributed by atoms with van der Waals surface area (Å²) in [6, 6.07) is 14.4. The van der Waals surface area contributed by atoms with Crippen molar-refractivity contribution in [3.05, 3.63) is 60.1 Å². The third-order valence-corrected chi connectivity index (χ3v) is 5.88. The first-order valence-electron chi connectivity index (χ1n) is 9.31. The van der Waals surface area contributed by atoms with Crippen LogP contribution in [-0.4, -0.2) is 55.6 Å². The Labute approximate surface area is 154 Å².